The monoisotopic (exact) mass is 272 g/mol. The van der Waals surface area contributed by atoms with Gasteiger partial charge in [-0.15, -0.1) is 22.7 Å². The SMILES string of the molecule is Oc1ccc2sc3c4cc(O)ccc4sc3c2c1. The van der Waals surface area contributed by atoms with Crippen LogP contribution < -0.4 is 0 Å². The molecule has 0 unspecified atom stereocenters. The average molecular weight is 272 g/mol. The molecule has 88 valence electrons. The van der Waals surface area contributed by atoms with E-state index in [1.807, 2.05) is 24.3 Å². The Balaban J connectivity index is 2.26. The van der Waals surface area contributed by atoms with Gasteiger partial charge in [-0.05, 0) is 36.4 Å². The quantitative estimate of drug-likeness (QED) is 0.488. The maximum absolute atomic E-state index is 9.60. The fraction of sp³-hybridized carbons (Fsp3) is 0. The van der Waals surface area contributed by atoms with Crippen molar-refractivity contribution in [3.05, 3.63) is 36.4 Å². The minimum Gasteiger partial charge on any atom is -0.508 e. The van der Waals surface area contributed by atoms with E-state index in [9.17, 15) is 10.2 Å². The van der Waals surface area contributed by atoms with Crippen LogP contribution in [0.15, 0.2) is 36.4 Å². The second-order valence-corrected chi connectivity index (χ2v) is 6.33. The van der Waals surface area contributed by atoms with E-state index >= 15 is 0 Å². The third kappa shape index (κ3) is 1.27. The van der Waals surface area contributed by atoms with Crippen molar-refractivity contribution in [3.8, 4) is 11.5 Å². The summed E-state index contributed by atoms with van der Waals surface area (Å²) in [5.74, 6) is 0.588. The molecule has 2 N–H and O–H groups in total. The normalized spacial score (nSPS) is 11.8. The largest absolute Gasteiger partial charge is 0.508 e. The van der Waals surface area contributed by atoms with E-state index in [2.05, 4.69) is 0 Å². The Morgan fingerprint density at radius 1 is 0.667 bits per heavy atom. The first-order valence-corrected chi connectivity index (χ1v) is 7.12. The Hall–Kier alpha value is -1.78. The van der Waals surface area contributed by atoms with E-state index in [-0.39, 0.29) is 0 Å². The highest BCUT2D eigenvalue weighted by Crippen LogP contribution is 2.45. The molecule has 0 atom stereocenters. The van der Waals surface area contributed by atoms with Crippen LogP contribution in [0.25, 0.3) is 29.6 Å². The number of phenols is 2. The zero-order chi connectivity index (χ0) is 12.3. The van der Waals surface area contributed by atoms with Gasteiger partial charge in [-0.1, -0.05) is 0 Å². The first-order valence-electron chi connectivity index (χ1n) is 5.49. The highest BCUT2D eigenvalue weighted by atomic mass is 32.1. The molecule has 0 spiro atoms. The van der Waals surface area contributed by atoms with Gasteiger partial charge in [0, 0.05) is 20.2 Å². The second-order valence-electron chi connectivity index (χ2n) is 4.22. The summed E-state index contributed by atoms with van der Waals surface area (Å²) in [6, 6.07) is 10.9. The molecular formula is C14H8O2S2. The summed E-state index contributed by atoms with van der Waals surface area (Å²) >= 11 is 3.41. The van der Waals surface area contributed by atoms with Crippen molar-refractivity contribution in [2.45, 2.75) is 0 Å². The molecule has 4 aromatic rings. The third-order valence-corrected chi connectivity index (χ3v) is 5.58. The van der Waals surface area contributed by atoms with E-state index in [4.69, 9.17) is 0 Å². The van der Waals surface area contributed by atoms with Gasteiger partial charge >= 0.3 is 0 Å². The van der Waals surface area contributed by atoms with E-state index in [1.165, 1.54) is 18.8 Å². The van der Waals surface area contributed by atoms with Gasteiger partial charge in [0.2, 0.25) is 0 Å². The van der Waals surface area contributed by atoms with Crippen LogP contribution >= 0.6 is 22.7 Å². The van der Waals surface area contributed by atoms with Crippen LogP contribution in [-0.4, -0.2) is 10.2 Å². The minimum absolute atomic E-state index is 0.294. The summed E-state index contributed by atoms with van der Waals surface area (Å²) in [5, 5.41) is 21.4. The molecule has 4 heteroatoms. The summed E-state index contributed by atoms with van der Waals surface area (Å²) < 4.78 is 4.71. The fourth-order valence-corrected chi connectivity index (χ4v) is 4.83. The molecule has 4 rings (SSSR count). The smallest absolute Gasteiger partial charge is 0.116 e. The number of hydrogen-bond donors (Lipinski definition) is 2. The molecule has 2 heterocycles. The van der Waals surface area contributed by atoms with Crippen LogP contribution in [0, 0.1) is 0 Å². The summed E-state index contributed by atoms with van der Waals surface area (Å²) in [6.07, 6.45) is 0. The lowest BCUT2D eigenvalue weighted by molar-refractivity contribution is 0.475. The number of phenolic OH excluding ortho intramolecular Hbond substituents is 2. The van der Waals surface area contributed by atoms with Crippen LogP contribution in [0.3, 0.4) is 0 Å². The Bertz CT molecular complexity index is 826. The van der Waals surface area contributed by atoms with Crippen molar-refractivity contribution in [1.82, 2.24) is 0 Å². The lowest BCUT2D eigenvalue weighted by atomic mass is 10.2. The lowest BCUT2D eigenvalue weighted by Gasteiger charge is -1.92. The van der Waals surface area contributed by atoms with E-state index < -0.39 is 0 Å². The average Bonchev–Trinajstić information content (AvgIpc) is 2.86. The van der Waals surface area contributed by atoms with Crippen LogP contribution in [0.4, 0.5) is 0 Å². The van der Waals surface area contributed by atoms with Crippen molar-refractivity contribution in [2.24, 2.45) is 0 Å². The standard InChI is InChI=1S/C14H8O2S2/c15-7-1-3-11-9(5-7)13-14(17-11)10-6-8(16)2-4-12(10)18-13/h1-6,15-16H. The molecule has 0 saturated heterocycles. The number of benzene rings is 2. The number of hydrogen-bond acceptors (Lipinski definition) is 4. The van der Waals surface area contributed by atoms with Crippen molar-refractivity contribution < 1.29 is 10.2 Å². The maximum Gasteiger partial charge on any atom is 0.116 e. The van der Waals surface area contributed by atoms with Gasteiger partial charge in [0.25, 0.3) is 0 Å². The molecule has 2 aromatic heterocycles. The molecule has 0 aliphatic carbocycles. The number of aromatic hydroxyl groups is 2. The molecule has 0 saturated carbocycles. The zero-order valence-electron chi connectivity index (χ0n) is 9.18. The zero-order valence-corrected chi connectivity index (χ0v) is 10.8. The molecule has 0 fully saturated rings. The molecule has 18 heavy (non-hydrogen) atoms. The highest BCUT2D eigenvalue weighted by Gasteiger charge is 2.12. The van der Waals surface area contributed by atoms with Gasteiger partial charge in [0.05, 0.1) is 9.40 Å². The first-order chi connectivity index (χ1) is 8.72. The van der Waals surface area contributed by atoms with E-state index in [0.717, 1.165) is 10.8 Å². The number of fused-ring (bicyclic) bond motifs is 5. The van der Waals surface area contributed by atoms with Crippen molar-refractivity contribution in [3.63, 3.8) is 0 Å². The van der Waals surface area contributed by atoms with Crippen molar-refractivity contribution in [2.75, 3.05) is 0 Å². The molecular weight excluding hydrogens is 264 g/mol. The van der Waals surface area contributed by atoms with Gasteiger partial charge in [-0.2, -0.15) is 0 Å². The minimum atomic E-state index is 0.294. The number of thiophene rings is 2. The Kier molecular flexibility index (Phi) is 1.90. The van der Waals surface area contributed by atoms with Crippen molar-refractivity contribution >= 4 is 52.2 Å². The molecule has 2 aromatic carbocycles. The fourth-order valence-electron chi connectivity index (χ4n) is 2.24. The topological polar surface area (TPSA) is 40.5 Å². The van der Waals surface area contributed by atoms with Crippen LogP contribution in [0.1, 0.15) is 0 Å². The number of rotatable bonds is 0. The molecule has 2 nitrogen and oxygen atoms in total. The van der Waals surface area contributed by atoms with Crippen LogP contribution in [0.2, 0.25) is 0 Å². The first kappa shape index (κ1) is 10.2. The van der Waals surface area contributed by atoms with Gasteiger partial charge in [-0.25, -0.2) is 0 Å². The van der Waals surface area contributed by atoms with Gasteiger partial charge < -0.3 is 10.2 Å². The Morgan fingerprint density at radius 3 is 1.56 bits per heavy atom. The molecule has 0 amide bonds. The predicted octanol–water partition coefficient (Wildman–Crippen LogP) is 4.68. The van der Waals surface area contributed by atoms with Gasteiger partial charge in [0.1, 0.15) is 11.5 Å². The molecule has 0 radical (unpaired) electrons. The van der Waals surface area contributed by atoms with E-state index in [1.54, 1.807) is 34.8 Å². The Labute approximate surface area is 110 Å². The Morgan fingerprint density at radius 2 is 1.11 bits per heavy atom. The van der Waals surface area contributed by atoms with E-state index in [0.29, 0.717) is 11.5 Å². The van der Waals surface area contributed by atoms with Gasteiger partial charge in [-0.3, -0.25) is 0 Å². The summed E-state index contributed by atoms with van der Waals surface area (Å²) in [6.45, 7) is 0. The summed E-state index contributed by atoms with van der Waals surface area (Å²) in [4.78, 5) is 0. The van der Waals surface area contributed by atoms with Gasteiger partial charge in [0.15, 0.2) is 0 Å². The summed E-state index contributed by atoms with van der Waals surface area (Å²) in [7, 11) is 0. The van der Waals surface area contributed by atoms with Crippen LogP contribution in [0.5, 0.6) is 11.5 Å². The molecule has 0 bridgehead atoms. The lowest BCUT2D eigenvalue weighted by Crippen LogP contribution is -1.63. The highest BCUT2D eigenvalue weighted by molar-refractivity contribution is 7.36. The van der Waals surface area contributed by atoms with Crippen molar-refractivity contribution in [1.29, 1.82) is 0 Å². The predicted molar refractivity (Wildman–Crippen MR) is 78.0 cm³/mol. The van der Waals surface area contributed by atoms with Crippen LogP contribution in [-0.2, 0) is 0 Å². The third-order valence-electron chi connectivity index (χ3n) is 3.05. The molecule has 0 aliphatic rings. The second kappa shape index (κ2) is 3.37. The maximum atomic E-state index is 9.60. The molecule has 0 aliphatic heterocycles. The summed E-state index contributed by atoms with van der Waals surface area (Å²) in [5.41, 5.74) is 0.